The third kappa shape index (κ3) is 4.08. The van der Waals surface area contributed by atoms with Gasteiger partial charge in [-0.1, -0.05) is 42.5 Å². The fourth-order valence-corrected chi connectivity index (χ4v) is 2.89. The van der Waals surface area contributed by atoms with Crippen molar-refractivity contribution in [3.63, 3.8) is 0 Å². The summed E-state index contributed by atoms with van der Waals surface area (Å²) in [6, 6.07) is 11.1. The summed E-state index contributed by atoms with van der Waals surface area (Å²) in [6.07, 6.45) is 8.40. The lowest BCUT2D eigenvalue weighted by Crippen LogP contribution is -2.54. The Kier molecular flexibility index (Phi) is 4.55. The highest BCUT2D eigenvalue weighted by atomic mass is 16.5. The third-order valence-corrected chi connectivity index (χ3v) is 4.15. The van der Waals surface area contributed by atoms with Crippen LogP contribution in [0, 0.1) is 0 Å². The molecule has 2 aliphatic rings. The molecule has 0 aliphatic heterocycles. The Morgan fingerprint density at radius 2 is 1.76 bits per heavy atom. The Morgan fingerprint density at radius 3 is 2.48 bits per heavy atom. The van der Waals surface area contributed by atoms with Gasteiger partial charge in [-0.15, -0.1) is 0 Å². The molecule has 3 rings (SSSR count). The van der Waals surface area contributed by atoms with E-state index in [9.17, 15) is 4.79 Å². The Labute approximate surface area is 125 Å². The fourth-order valence-electron chi connectivity index (χ4n) is 2.89. The Bertz CT molecular complexity index is 487. The first-order valence-electron chi connectivity index (χ1n) is 7.68. The summed E-state index contributed by atoms with van der Waals surface area (Å²) >= 11 is 0. The average molecular weight is 286 g/mol. The van der Waals surface area contributed by atoms with Crippen LogP contribution in [0.15, 0.2) is 42.5 Å². The van der Waals surface area contributed by atoms with Crippen molar-refractivity contribution in [2.45, 2.75) is 50.4 Å². The fraction of sp³-hybridized carbons (Fsp3) is 0.471. The van der Waals surface area contributed by atoms with Gasteiger partial charge in [0.2, 0.25) is 0 Å². The molecule has 2 aliphatic carbocycles. The Morgan fingerprint density at radius 1 is 1.05 bits per heavy atom. The van der Waals surface area contributed by atoms with Gasteiger partial charge in [0, 0.05) is 18.1 Å². The molecule has 0 unspecified atom stereocenters. The van der Waals surface area contributed by atoms with Crippen molar-refractivity contribution < 1.29 is 9.53 Å². The predicted octanol–water partition coefficient (Wildman–Crippen LogP) is 2.75. The summed E-state index contributed by atoms with van der Waals surface area (Å²) in [5.74, 6) is 0. The molecule has 4 heteroatoms. The van der Waals surface area contributed by atoms with Gasteiger partial charge in [0.05, 0.1) is 0 Å². The second kappa shape index (κ2) is 6.76. The van der Waals surface area contributed by atoms with Crippen molar-refractivity contribution in [2.24, 2.45) is 0 Å². The molecule has 0 radical (unpaired) electrons. The highest BCUT2D eigenvalue weighted by molar-refractivity contribution is 5.67. The minimum absolute atomic E-state index is 0.250. The summed E-state index contributed by atoms with van der Waals surface area (Å²) in [6.45, 7) is 0.328. The van der Waals surface area contributed by atoms with Crippen molar-refractivity contribution in [3.05, 3.63) is 48.0 Å². The van der Waals surface area contributed by atoms with E-state index in [0.29, 0.717) is 18.7 Å². The molecule has 0 bridgehead atoms. The number of carbonyl (C=O) groups excluding carboxylic acids is 1. The minimum Gasteiger partial charge on any atom is -0.445 e. The van der Waals surface area contributed by atoms with Crippen molar-refractivity contribution >= 4 is 6.09 Å². The van der Waals surface area contributed by atoms with Gasteiger partial charge >= 0.3 is 6.09 Å². The SMILES string of the molecule is O=C(NC1CC(NC2CC=CC2)C1)OCc1ccccc1. The van der Waals surface area contributed by atoms with Crippen molar-refractivity contribution in [3.8, 4) is 0 Å². The lowest BCUT2D eigenvalue weighted by molar-refractivity contribution is 0.124. The maximum atomic E-state index is 11.7. The number of nitrogens with one attached hydrogen (secondary N) is 2. The number of ether oxygens (including phenoxy) is 1. The molecule has 0 aromatic heterocycles. The van der Waals surface area contributed by atoms with E-state index in [-0.39, 0.29) is 12.1 Å². The van der Waals surface area contributed by atoms with Crippen LogP contribution in [0.2, 0.25) is 0 Å². The summed E-state index contributed by atoms with van der Waals surface area (Å²) in [4.78, 5) is 11.7. The molecule has 4 nitrogen and oxygen atoms in total. The van der Waals surface area contributed by atoms with Crippen LogP contribution in [-0.2, 0) is 11.3 Å². The van der Waals surface area contributed by atoms with Crippen LogP contribution in [0.4, 0.5) is 4.79 Å². The maximum Gasteiger partial charge on any atom is 0.407 e. The minimum atomic E-state index is -0.315. The molecule has 1 aromatic rings. The first-order chi connectivity index (χ1) is 10.3. The van der Waals surface area contributed by atoms with E-state index in [1.54, 1.807) is 0 Å². The first-order valence-corrected chi connectivity index (χ1v) is 7.68. The molecule has 1 aromatic carbocycles. The lowest BCUT2D eigenvalue weighted by Gasteiger charge is -2.37. The van der Waals surface area contributed by atoms with Crippen LogP contribution in [0.25, 0.3) is 0 Å². The largest absolute Gasteiger partial charge is 0.445 e. The number of hydrogen-bond donors (Lipinski definition) is 2. The Hall–Kier alpha value is -1.81. The molecule has 0 saturated heterocycles. The maximum absolute atomic E-state index is 11.7. The molecule has 21 heavy (non-hydrogen) atoms. The quantitative estimate of drug-likeness (QED) is 0.818. The third-order valence-electron chi connectivity index (χ3n) is 4.15. The van der Waals surface area contributed by atoms with Crippen molar-refractivity contribution in [1.29, 1.82) is 0 Å². The standard InChI is InChI=1S/C17H22N2O2/c20-17(21-12-13-6-2-1-3-7-13)19-16-10-15(11-16)18-14-8-4-5-9-14/h1-7,14-16,18H,8-12H2,(H,19,20). The molecule has 1 saturated carbocycles. The molecule has 0 atom stereocenters. The van der Waals surface area contributed by atoms with E-state index in [2.05, 4.69) is 22.8 Å². The molecular weight excluding hydrogens is 264 g/mol. The highest BCUT2D eigenvalue weighted by Gasteiger charge is 2.32. The predicted molar refractivity (Wildman–Crippen MR) is 81.9 cm³/mol. The molecule has 1 amide bonds. The molecule has 112 valence electrons. The first kappa shape index (κ1) is 14.1. The summed E-state index contributed by atoms with van der Waals surface area (Å²) in [5.41, 5.74) is 1.01. The summed E-state index contributed by atoms with van der Waals surface area (Å²) in [7, 11) is 0. The molecule has 1 fully saturated rings. The van der Waals surface area contributed by atoms with Gasteiger partial charge in [0.25, 0.3) is 0 Å². The number of hydrogen-bond acceptors (Lipinski definition) is 3. The van der Waals surface area contributed by atoms with Crippen LogP contribution >= 0.6 is 0 Å². The van der Waals surface area contributed by atoms with E-state index < -0.39 is 0 Å². The topological polar surface area (TPSA) is 50.4 Å². The summed E-state index contributed by atoms with van der Waals surface area (Å²) < 4.78 is 5.22. The van der Waals surface area contributed by atoms with E-state index in [4.69, 9.17) is 4.74 Å². The normalized spacial score (nSPS) is 24.6. The Balaban J connectivity index is 1.30. The van der Waals surface area contributed by atoms with Gasteiger partial charge < -0.3 is 15.4 Å². The molecule has 0 spiro atoms. The van der Waals surface area contributed by atoms with Crippen molar-refractivity contribution in [2.75, 3.05) is 0 Å². The van der Waals surface area contributed by atoms with Crippen molar-refractivity contribution in [1.82, 2.24) is 10.6 Å². The monoisotopic (exact) mass is 286 g/mol. The zero-order chi connectivity index (χ0) is 14.5. The average Bonchev–Trinajstić information content (AvgIpc) is 2.97. The lowest BCUT2D eigenvalue weighted by atomic mass is 9.86. The second-order valence-corrected chi connectivity index (χ2v) is 5.88. The van der Waals surface area contributed by atoms with E-state index in [0.717, 1.165) is 31.2 Å². The zero-order valence-electron chi connectivity index (χ0n) is 12.1. The zero-order valence-corrected chi connectivity index (χ0v) is 12.1. The van der Waals surface area contributed by atoms with Crippen LogP contribution in [0.3, 0.4) is 0 Å². The van der Waals surface area contributed by atoms with Crippen LogP contribution in [0.1, 0.15) is 31.2 Å². The van der Waals surface area contributed by atoms with E-state index in [1.165, 1.54) is 0 Å². The van der Waals surface area contributed by atoms with Gasteiger partial charge in [0.15, 0.2) is 0 Å². The molecular formula is C17H22N2O2. The smallest absolute Gasteiger partial charge is 0.407 e. The number of rotatable bonds is 5. The van der Waals surface area contributed by atoms with Crippen LogP contribution < -0.4 is 10.6 Å². The van der Waals surface area contributed by atoms with Gasteiger partial charge in [-0.3, -0.25) is 0 Å². The summed E-state index contributed by atoms with van der Waals surface area (Å²) in [5, 5.41) is 6.55. The number of alkyl carbamates (subject to hydrolysis) is 1. The van der Waals surface area contributed by atoms with E-state index in [1.807, 2.05) is 30.3 Å². The van der Waals surface area contributed by atoms with Gasteiger partial charge in [-0.05, 0) is 31.2 Å². The number of benzene rings is 1. The van der Waals surface area contributed by atoms with Crippen LogP contribution in [0.5, 0.6) is 0 Å². The molecule has 2 N–H and O–H groups in total. The van der Waals surface area contributed by atoms with Gasteiger partial charge in [0.1, 0.15) is 6.61 Å². The molecule has 0 heterocycles. The van der Waals surface area contributed by atoms with E-state index >= 15 is 0 Å². The van der Waals surface area contributed by atoms with Gasteiger partial charge in [-0.25, -0.2) is 4.79 Å². The van der Waals surface area contributed by atoms with Crippen LogP contribution in [-0.4, -0.2) is 24.2 Å². The number of carbonyl (C=O) groups is 1. The number of amides is 1. The van der Waals surface area contributed by atoms with Gasteiger partial charge in [-0.2, -0.15) is 0 Å². The second-order valence-electron chi connectivity index (χ2n) is 5.88. The highest BCUT2D eigenvalue weighted by Crippen LogP contribution is 2.23.